The van der Waals surface area contributed by atoms with Crippen LogP contribution >= 0.6 is 0 Å². The highest BCUT2D eigenvalue weighted by molar-refractivity contribution is 6.13. The molecule has 5 aromatic carbocycles. The minimum absolute atomic E-state index is 0.0222. The maximum absolute atomic E-state index is 13.5. The quantitative estimate of drug-likeness (QED) is 0.177. The van der Waals surface area contributed by atoms with Gasteiger partial charge < -0.3 is 15.7 Å². The molecule has 2 amide bonds. The molecule has 5 aromatic rings. The number of hydrogen-bond acceptors (Lipinski definition) is 5. The second-order valence-corrected chi connectivity index (χ2v) is 11.1. The van der Waals surface area contributed by atoms with E-state index in [1.165, 1.54) is 0 Å². The third-order valence-electron chi connectivity index (χ3n) is 7.46. The topological polar surface area (TPSA) is 103 Å². The number of phenolic OH excluding ortho intramolecular Hbond substituents is 1. The van der Waals surface area contributed by atoms with Crippen molar-refractivity contribution in [1.29, 1.82) is 0 Å². The Morgan fingerprint density at radius 2 is 1.16 bits per heavy atom. The van der Waals surface area contributed by atoms with Gasteiger partial charge in [0.2, 0.25) is 0 Å². The van der Waals surface area contributed by atoms with Crippen molar-refractivity contribution >= 4 is 45.3 Å². The Balaban J connectivity index is 1.59. The van der Waals surface area contributed by atoms with Crippen molar-refractivity contribution in [3.63, 3.8) is 0 Å². The normalized spacial score (nSPS) is 11.2. The van der Waals surface area contributed by atoms with Gasteiger partial charge in [-0.3, -0.25) is 9.59 Å². The first-order valence-corrected chi connectivity index (χ1v) is 14.1. The van der Waals surface area contributed by atoms with E-state index in [9.17, 15) is 14.7 Å². The molecule has 7 nitrogen and oxygen atoms in total. The molecule has 0 bridgehead atoms. The maximum atomic E-state index is 13.5. The van der Waals surface area contributed by atoms with Gasteiger partial charge in [0.1, 0.15) is 5.69 Å². The molecule has 7 heteroatoms. The van der Waals surface area contributed by atoms with Crippen LogP contribution in [0.5, 0.6) is 5.75 Å². The number of aryl methyl sites for hydroxylation is 6. The Morgan fingerprint density at radius 3 is 1.74 bits per heavy atom. The number of aromatic hydroxyl groups is 1. The number of fused-ring (bicyclic) bond motifs is 1. The number of benzene rings is 5. The highest BCUT2D eigenvalue weighted by Crippen LogP contribution is 2.40. The summed E-state index contributed by atoms with van der Waals surface area (Å²) in [4.78, 5) is 26.8. The van der Waals surface area contributed by atoms with Crippen LogP contribution in [-0.2, 0) is 0 Å². The van der Waals surface area contributed by atoms with Crippen molar-refractivity contribution in [2.45, 2.75) is 41.5 Å². The van der Waals surface area contributed by atoms with Crippen molar-refractivity contribution in [3.05, 3.63) is 123 Å². The Labute approximate surface area is 251 Å². The van der Waals surface area contributed by atoms with Crippen LogP contribution in [0.1, 0.15) is 54.1 Å². The van der Waals surface area contributed by atoms with Gasteiger partial charge in [-0.2, -0.15) is 5.11 Å². The fraction of sp³-hybridized carbons (Fsp3) is 0.167. The number of azo groups is 1. The Hall–Kier alpha value is -5.30. The number of anilines is 2. The number of carbonyl (C=O) groups excluding carboxylic acids is 2. The number of nitrogens with one attached hydrogen (secondary N) is 2. The Morgan fingerprint density at radius 1 is 0.605 bits per heavy atom. The Bertz CT molecular complexity index is 1940. The Kier molecular flexibility index (Phi) is 8.08. The molecule has 0 atom stereocenters. The number of carbonyl (C=O) groups is 2. The van der Waals surface area contributed by atoms with Crippen LogP contribution in [0.2, 0.25) is 0 Å². The molecule has 0 radical (unpaired) electrons. The zero-order valence-corrected chi connectivity index (χ0v) is 25.2. The molecule has 0 saturated carbocycles. The van der Waals surface area contributed by atoms with E-state index in [2.05, 4.69) is 20.9 Å². The van der Waals surface area contributed by atoms with Gasteiger partial charge in [-0.05, 0) is 100 Å². The molecular formula is C36H34N4O3. The zero-order valence-electron chi connectivity index (χ0n) is 25.2. The van der Waals surface area contributed by atoms with Crippen molar-refractivity contribution in [3.8, 4) is 5.75 Å². The molecule has 216 valence electrons. The average Bonchev–Trinajstić information content (AvgIpc) is 2.95. The number of rotatable bonds is 6. The maximum Gasteiger partial charge on any atom is 0.259 e. The first kappa shape index (κ1) is 29.2. The van der Waals surface area contributed by atoms with E-state index in [0.29, 0.717) is 27.7 Å². The van der Waals surface area contributed by atoms with Gasteiger partial charge in [0.05, 0.1) is 11.3 Å². The fourth-order valence-corrected chi connectivity index (χ4v) is 5.11. The van der Waals surface area contributed by atoms with Gasteiger partial charge in [-0.1, -0.05) is 59.2 Å². The highest BCUT2D eigenvalue weighted by Gasteiger charge is 2.20. The predicted octanol–water partition coefficient (Wildman–Crippen LogP) is 9.32. The second kappa shape index (κ2) is 11.9. The minimum Gasteiger partial charge on any atom is -0.505 e. The summed E-state index contributed by atoms with van der Waals surface area (Å²) in [6.45, 7) is 11.8. The van der Waals surface area contributed by atoms with Gasteiger partial charge in [-0.25, -0.2) is 0 Å². The van der Waals surface area contributed by atoms with Gasteiger partial charge >= 0.3 is 0 Å². The molecule has 0 aliphatic rings. The van der Waals surface area contributed by atoms with Gasteiger partial charge in [0, 0.05) is 22.3 Å². The van der Waals surface area contributed by atoms with E-state index >= 15 is 0 Å². The van der Waals surface area contributed by atoms with Crippen molar-refractivity contribution in [2.24, 2.45) is 10.2 Å². The monoisotopic (exact) mass is 570 g/mol. The molecule has 0 fully saturated rings. The molecule has 0 unspecified atom stereocenters. The molecule has 43 heavy (non-hydrogen) atoms. The number of nitrogens with zero attached hydrogens (tertiary/aromatic N) is 2. The molecule has 0 aliphatic heterocycles. The van der Waals surface area contributed by atoms with E-state index in [1.54, 1.807) is 24.3 Å². The van der Waals surface area contributed by atoms with Crippen molar-refractivity contribution in [1.82, 2.24) is 0 Å². The first-order chi connectivity index (χ1) is 20.5. The lowest BCUT2D eigenvalue weighted by Crippen LogP contribution is -2.14. The van der Waals surface area contributed by atoms with Crippen LogP contribution in [0.4, 0.5) is 22.7 Å². The lowest BCUT2D eigenvalue weighted by Gasteiger charge is -2.14. The standard InChI is InChI=1S/C36H34N4O3/c1-20-7-12-30(23(4)15-20)37-35(42)26-10-11-28-27(18-26)19-29(36(43)38-31-13-8-21(2)16-24(31)5)34(41)33(28)40-39-32-14-9-22(3)17-25(32)6/h7-19,41H,1-6H3,(H,37,42)(H,38,43)/b40-39+. The summed E-state index contributed by atoms with van der Waals surface area (Å²) >= 11 is 0. The highest BCUT2D eigenvalue weighted by atomic mass is 16.3. The molecule has 0 saturated heterocycles. The molecule has 0 heterocycles. The molecule has 0 aromatic heterocycles. The van der Waals surface area contributed by atoms with Crippen LogP contribution in [-0.4, -0.2) is 16.9 Å². The lowest BCUT2D eigenvalue weighted by molar-refractivity contribution is 0.101. The summed E-state index contributed by atoms with van der Waals surface area (Å²) in [6, 6.07) is 24.0. The number of phenols is 1. The van der Waals surface area contributed by atoms with E-state index < -0.39 is 5.91 Å². The van der Waals surface area contributed by atoms with Crippen LogP contribution in [0.15, 0.2) is 89.1 Å². The summed E-state index contributed by atoms with van der Waals surface area (Å²) in [5.41, 5.74) is 8.63. The van der Waals surface area contributed by atoms with Gasteiger partial charge in [0.15, 0.2) is 5.75 Å². The van der Waals surface area contributed by atoms with Crippen LogP contribution in [0.3, 0.4) is 0 Å². The molecular weight excluding hydrogens is 536 g/mol. The largest absolute Gasteiger partial charge is 0.505 e. The van der Waals surface area contributed by atoms with Crippen LogP contribution in [0, 0.1) is 41.5 Å². The summed E-state index contributed by atoms with van der Waals surface area (Å²) in [5.74, 6) is -1.09. The summed E-state index contributed by atoms with van der Waals surface area (Å²) in [7, 11) is 0. The molecule has 0 spiro atoms. The summed E-state index contributed by atoms with van der Waals surface area (Å²) in [5, 5.41) is 27.2. The minimum atomic E-state index is -0.501. The molecule has 0 aliphatic carbocycles. The average molecular weight is 571 g/mol. The third kappa shape index (κ3) is 6.31. The zero-order chi connectivity index (χ0) is 30.8. The fourth-order valence-electron chi connectivity index (χ4n) is 5.11. The van der Waals surface area contributed by atoms with Crippen LogP contribution in [0.25, 0.3) is 10.8 Å². The number of amides is 2. The van der Waals surface area contributed by atoms with Crippen molar-refractivity contribution in [2.75, 3.05) is 10.6 Å². The second-order valence-electron chi connectivity index (χ2n) is 11.1. The lowest BCUT2D eigenvalue weighted by atomic mass is 10.00. The van der Waals surface area contributed by atoms with E-state index in [1.807, 2.05) is 96.1 Å². The predicted molar refractivity (Wildman–Crippen MR) is 173 cm³/mol. The van der Waals surface area contributed by atoms with Gasteiger partial charge in [0.25, 0.3) is 11.8 Å². The van der Waals surface area contributed by atoms with E-state index in [4.69, 9.17) is 0 Å². The smallest absolute Gasteiger partial charge is 0.259 e. The van der Waals surface area contributed by atoms with Crippen molar-refractivity contribution < 1.29 is 14.7 Å². The summed E-state index contributed by atoms with van der Waals surface area (Å²) in [6.07, 6.45) is 0. The van der Waals surface area contributed by atoms with E-state index in [-0.39, 0.29) is 22.9 Å². The summed E-state index contributed by atoms with van der Waals surface area (Å²) < 4.78 is 0. The van der Waals surface area contributed by atoms with Gasteiger partial charge in [-0.15, -0.1) is 5.11 Å². The number of hydrogen-bond donors (Lipinski definition) is 3. The van der Waals surface area contributed by atoms with E-state index in [0.717, 1.165) is 39.1 Å². The SMILES string of the molecule is Cc1ccc(/N=N/c2c(O)c(C(=O)Nc3ccc(C)cc3C)cc3cc(C(=O)Nc4ccc(C)cc4C)ccc23)c(C)c1. The van der Waals surface area contributed by atoms with Crippen LogP contribution < -0.4 is 10.6 Å². The third-order valence-corrected chi connectivity index (χ3v) is 7.46. The first-order valence-electron chi connectivity index (χ1n) is 14.1. The molecule has 3 N–H and O–H groups in total. The molecule has 5 rings (SSSR count).